The second-order valence-electron chi connectivity index (χ2n) is 6.07. The Kier molecular flexibility index (Phi) is 8.78. The molecule has 0 atom stereocenters. The minimum Gasteiger partial charge on any atom is -0.493 e. The molecule has 1 amide bonds. The summed E-state index contributed by atoms with van der Waals surface area (Å²) in [4.78, 5) is 25.2. The van der Waals surface area contributed by atoms with Crippen LogP contribution in [-0.2, 0) is 9.59 Å². The number of rotatable bonds is 10. The molecule has 1 saturated heterocycles. The lowest BCUT2D eigenvalue weighted by molar-refractivity contribution is -0.137. The molecule has 1 aromatic carbocycles. The quantitative estimate of drug-likeness (QED) is 0.291. The number of unbranched alkanes of at least 4 members (excludes halogenated alkanes) is 1. The Bertz CT molecular complexity index is 797. The molecule has 0 bridgehead atoms. The highest BCUT2D eigenvalue weighted by molar-refractivity contribution is 9.10. The van der Waals surface area contributed by atoms with E-state index in [0.717, 1.165) is 22.9 Å². The number of carboxylic acids is 1. The van der Waals surface area contributed by atoms with Crippen LogP contribution in [-0.4, -0.2) is 46.5 Å². The first-order valence-corrected chi connectivity index (χ1v) is 10.9. The summed E-state index contributed by atoms with van der Waals surface area (Å²) in [6, 6.07) is 3.67. The third-order valence-electron chi connectivity index (χ3n) is 3.94. The molecule has 1 N–H and O–H groups in total. The normalized spacial score (nSPS) is 15.4. The van der Waals surface area contributed by atoms with Gasteiger partial charge in [-0.1, -0.05) is 37.3 Å². The molecule has 0 spiro atoms. The molecule has 1 aromatic rings. The van der Waals surface area contributed by atoms with E-state index in [1.54, 1.807) is 13.2 Å². The van der Waals surface area contributed by atoms with Crippen molar-refractivity contribution < 1.29 is 24.2 Å². The Morgan fingerprint density at radius 1 is 1.39 bits per heavy atom. The van der Waals surface area contributed by atoms with Gasteiger partial charge in [0.1, 0.15) is 4.32 Å². The molecular formula is C19H22BrNO5S2. The summed E-state index contributed by atoms with van der Waals surface area (Å²) < 4.78 is 12.4. The zero-order chi connectivity index (χ0) is 20.7. The van der Waals surface area contributed by atoms with Crippen LogP contribution < -0.4 is 9.47 Å². The third-order valence-corrected chi connectivity index (χ3v) is 5.91. The summed E-state index contributed by atoms with van der Waals surface area (Å²) >= 11 is 9.99. The van der Waals surface area contributed by atoms with Gasteiger partial charge in [-0.2, -0.15) is 0 Å². The summed E-state index contributed by atoms with van der Waals surface area (Å²) in [6.07, 6.45) is 4.09. The van der Waals surface area contributed by atoms with Crippen LogP contribution in [0.4, 0.5) is 0 Å². The van der Waals surface area contributed by atoms with Crippen molar-refractivity contribution in [3.8, 4) is 11.5 Å². The average Bonchev–Trinajstić information content (AvgIpc) is 2.90. The Morgan fingerprint density at radius 3 is 2.79 bits per heavy atom. The Hall–Kier alpha value is -1.58. The smallest absolute Gasteiger partial charge is 0.303 e. The molecular weight excluding hydrogens is 466 g/mol. The number of hydrogen-bond donors (Lipinski definition) is 1. The van der Waals surface area contributed by atoms with Crippen LogP contribution in [0.15, 0.2) is 21.5 Å². The number of carboxylic acid groups (broad SMARTS) is 1. The molecule has 2 rings (SSSR count). The number of thioether (sulfide) groups is 1. The Labute approximate surface area is 182 Å². The van der Waals surface area contributed by atoms with Crippen molar-refractivity contribution in [2.24, 2.45) is 0 Å². The number of carbonyl (C=O) groups excluding carboxylic acids is 1. The number of aliphatic carboxylic acids is 1. The maximum Gasteiger partial charge on any atom is 0.303 e. The summed E-state index contributed by atoms with van der Waals surface area (Å²) in [5, 5.41) is 8.75. The molecule has 1 aliphatic heterocycles. The largest absolute Gasteiger partial charge is 0.493 e. The van der Waals surface area contributed by atoms with Gasteiger partial charge in [0.15, 0.2) is 11.5 Å². The molecule has 1 heterocycles. The lowest BCUT2D eigenvalue weighted by Crippen LogP contribution is -2.29. The Balaban J connectivity index is 2.18. The number of ether oxygens (including phenoxy) is 2. The predicted octanol–water partition coefficient (Wildman–Crippen LogP) is 4.70. The average molecular weight is 488 g/mol. The molecule has 9 heteroatoms. The summed E-state index contributed by atoms with van der Waals surface area (Å²) in [5.41, 5.74) is 0.776. The van der Waals surface area contributed by atoms with E-state index in [1.165, 1.54) is 16.7 Å². The zero-order valence-corrected chi connectivity index (χ0v) is 18.9. The number of nitrogens with zero attached hydrogens (tertiary/aromatic N) is 1. The Morgan fingerprint density at radius 2 is 2.14 bits per heavy atom. The van der Waals surface area contributed by atoms with Crippen molar-refractivity contribution in [1.29, 1.82) is 0 Å². The van der Waals surface area contributed by atoms with Crippen LogP contribution in [0.5, 0.6) is 11.5 Å². The second-order valence-corrected chi connectivity index (χ2v) is 8.60. The predicted molar refractivity (Wildman–Crippen MR) is 118 cm³/mol. The fourth-order valence-corrected chi connectivity index (χ4v) is 4.40. The number of methoxy groups -OCH3 is 1. The van der Waals surface area contributed by atoms with Gasteiger partial charge >= 0.3 is 5.97 Å². The lowest BCUT2D eigenvalue weighted by Gasteiger charge is -2.14. The van der Waals surface area contributed by atoms with Gasteiger partial charge in [0.2, 0.25) is 0 Å². The van der Waals surface area contributed by atoms with Gasteiger partial charge in [-0.05, 0) is 52.5 Å². The number of carbonyl (C=O) groups is 2. The van der Waals surface area contributed by atoms with E-state index in [4.69, 9.17) is 26.8 Å². The molecule has 0 unspecified atom stereocenters. The summed E-state index contributed by atoms with van der Waals surface area (Å²) in [6.45, 7) is 2.99. The summed E-state index contributed by atoms with van der Waals surface area (Å²) in [5.74, 6) is 0.112. The first kappa shape index (κ1) is 22.7. The number of benzene rings is 1. The van der Waals surface area contributed by atoms with Crippen molar-refractivity contribution in [2.75, 3.05) is 20.3 Å². The SMILES string of the molecule is CCCCOc1c(Br)cc(/C=C2\SC(=S)N(CCCC(=O)O)C2=O)cc1OC. The van der Waals surface area contributed by atoms with Crippen molar-refractivity contribution in [2.45, 2.75) is 32.6 Å². The zero-order valence-electron chi connectivity index (χ0n) is 15.7. The highest BCUT2D eigenvalue weighted by atomic mass is 79.9. The van der Waals surface area contributed by atoms with Gasteiger partial charge < -0.3 is 14.6 Å². The van der Waals surface area contributed by atoms with Crippen molar-refractivity contribution in [1.82, 2.24) is 4.90 Å². The van der Waals surface area contributed by atoms with Gasteiger partial charge in [0.25, 0.3) is 5.91 Å². The molecule has 0 saturated carbocycles. The highest BCUT2D eigenvalue weighted by Crippen LogP contribution is 2.39. The molecule has 1 aliphatic rings. The monoisotopic (exact) mass is 487 g/mol. The minimum absolute atomic E-state index is 0.000251. The molecule has 152 valence electrons. The van der Waals surface area contributed by atoms with Crippen molar-refractivity contribution in [3.63, 3.8) is 0 Å². The van der Waals surface area contributed by atoms with Crippen molar-refractivity contribution >= 4 is 62.2 Å². The van der Waals surface area contributed by atoms with E-state index in [1.807, 2.05) is 12.1 Å². The topological polar surface area (TPSA) is 76.1 Å². The first-order chi connectivity index (χ1) is 13.4. The third kappa shape index (κ3) is 5.96. The van der Waals surface area contributed by atoms with E-state index in [0.29, 0.717) is 40.3 Å². The standard InChI is InChI=1S/C19H22BrNO5S2/c1-3-4-8-26-17-13(20)9-12(10-14(17)25-2)11-15-18(24)21(19(27)28-15)7-5-6-16(22)23/h9-11H,3-8H2,1-2H3,(H,22,23)/b15-11-. The van der Waals surface area contributed by atoms with Gasteiger partial charge in [-0.25, -0.2) is 0 Å². The van der Waals surface area contributed by atoms with Crippen LogP contribution in [0, 0.1) is 0 Å². The first-order valence-electron chi connectivity index (χ1n) is 8.84. The maximum absolute atomic E-state index is 12.6. The van der Waals surface area contributed by atoms with Crippen LogP contribution >= 0.6 is 39.9 Å². The molecule has 0 aliphatic carbocycles. The van der Waals surface area contributed by atoms with Gasteiger partial charge in [-0.15, -0.1) is 0 Å². The van der Waals surface area contributed by atoms with E-state index in [9.17, 15) is 9.59 Å². The minimum atomic E-state index is -0.890. The molecule has 28 heavy (non-hydrogen) atoms. The van der Waals surface area contributed by atoms with Gasteiger partial charge in [0, 0.05) is 13.0 Å². The second kappa shape index (κ2) is 10.8. The van der Waals surface area contributed by atoms with Crippen LogP contribution in [0.3, 0.4) is 0 Å². The fourth-order valence-electron chi connectivity index (χ4n) is 2.51. The number of thiocarbonyl (C=S) groups is 1. The van der Waals surface area contributed by atoms with Crippen LogP contribution in [0.1, 0.15) is 38.2 Å². The lowest BCUT2D eigenvalue weighted by atomic mass is 10.1. The van der Waals surface area contributed by atoms with Crippen LogP contribution in [0.2, 0.25) is 0 Å². The van der Waals surface area contributed by atoms with E-state index >= 15 is 0 Å². The van der Waals surface area contributed by atoms with E-state index < -0.39 is 5.97 Å². The molecule has 0 aromatic heterocycles. The number of halogens is 1. The maximum atomic E-state index is 12.6. The molecule has 0 radical (unpaired) electrons. The summed E-state index contributed by atoms with van der Waals surface area (Å²) in [7, 11) is 1.57. The molecule has 6 nitrogen and oxygen atoms in total. The van der Waals surface area contributed by atoms with Gasteiger partial charge in [-0.3, -0.25) is 14.5 Å². The highest BCUT2D eigenvalue weighted by Gasteiger charge is 2.31. The number of hydrogen-bond acceptors (Lipinski definition) is 6. The van der Waals surface area contributed by atoms with Crippen LogP contribution in [0.25, 0.3) is 6.08 Å². The number of amides is 1. The van der Waals surface area contributed by atoms with E-state index in [2.05, 4.69) is 22.9 Å². The van der Waals surface area contributed by atoms with Crippen molar-refractivity contribution in [3.05, 3.63) is 27.1 Å². The van der Waals surface area contributed by atoms with Gasteiger partial charge in [0.05, 0.1) is 23.1 Å². The fraction of sp³-hybridized carbons (Fsp3) is 0.421. The van der Waals surface area contributed by atoms with E-state index in [-0.39, 0.29) is 12.3 Å². The molecule has 1 fully saturated rings.